The van der Waals surface area contributed by atoms with E-state index < -0.39 is 6.04 Å². The van der Waals surface area contributed by atoms with Gasteiger partial charge in [0.05, 0.1) is 17.5 Å². The van der Waals surface area contributed by atoms with Crippen molar-refractivity contribution in [1.29, 1.82) is 0 Å². The van der Waals surface area contributed by atoms with E-state index in [4.69, 9.17) is 4.74 Å². The lowest BCUT2D eigenvalue weighted by Crippen LogP contribution is -2.46. The molecule has 30 heavy (non-hydrogen) atoms. The van der Waals surface area contributed by atoms with Gasteiger partial charge in [-0.15, -0.1) is 11.3 Å². The molecule has 1 aromatic carbocycles. The summed E-state index contributed by atoms with van der Waals surface area (Å²) in [7, 11) is 0. The fourth-order valence-electron chi connectivity index (χ4n) is 4.57. The molecule has 2 N–H and O–H groups in total. The number of amides is 2. The molecule has 3 heterocycles. The number of benzene rings is 1. The molecule has 0 unspecified atom stereocenters. The molecule has 6 nitrogen and oxygen atoms in total. The first kappa shape index (κ1) is 19.3. The number of nitrogens with one attached hydrogen (secondary N) is 2. The smallest absolute Gasteiger partial charge is 0.322 e. The molecule has 0 spiro atoms. The topological polar surface area (TPSA) is 70.7 Å². The van der Waals surface area contributed by atoms with Gasteiger partial charge in [-0.25, -0.2) is 4.79 Å². The summed E-state index contributed by atoms with van der Waals surface area (Å²) in [5.74, 6) is 0.117. The number of hydrogen-bond donors (Lipinski definition) is 2. The van der Waals surface area contributed by atoms with E-state index in [2.05, 4.69) is 10.6 Å². The number of Topliss-reactive ketones (excluding diaryl/α,β-unsaturated/α-hetero) is 1. The van der Waals surface area contributed by atoms with Gasteiger partial charge in [0.25, 0.3) is 0 Å². The lowest BCUT2D eigenvalue weighted by Gasteiger charge is -2.33. The Morgan fingerprint density at radius 3 is 2.90 bits per heavy atom. The van der Waals surface area contributed by atoms with Gasteiger partial charge in [-0.2, -0.15) is 0 Å². The second-order valence-electron chi connectivity index (χ2n) is 7.92. The van der Waals surface area contributed by atoms with Crippen LogP contribution in [-0.4, -0.2) is 31.1 Å². The highest BCUT2D eigenvalue weighted by molar-refractivity contribution is 7.10. The van der Waals surface area contributed by atoms with Crippen LogP contribution in [-0.2, 0) is 9.53 Å². The maximum atomic E-state index is 13.6. The Bertz CT molecular complexity index is 979. The zero-order valence-corrected chi connectivity index (χ0v) is 17.5. The highest BCUT2D eigenvalue weighted by Crippen LogP contribution is 2.45. The zero-order chi connectivity index (χ0) is 20.5. The summed E-state index contributed by atoms with van der Waals surface area (Å²) in [6, 6.07) is 11.1. The predicted octanol–water partition coefficient (Wildman–Crippen LogP) is 4.62. The summed E-state index contributed by atoms with van der Waals surface area (Å²) in [6.07, 6.45) is 4.20. The molecule has 7 heteroatoms. The fourth-order valence-corrected chi connectivity index (χ4v) is 5.39. The van der Waals surface area contributed by atoms with Crippen LogP contribution >= 0.6 is 11.3 Å². The Kier molecular flexibility index (Phi) is 5.31. The number of hydrogen-bond acceptors (Lipinski definition) is 5. The third-order valence-corrected chi connectivity index (χ3v) is 6.90. The number of urea groups is 1. The monoisotopic (exact) mass is 423 g/mol. The Hall–Kier alpha value is -2.64. The van der Waals surface area contributed by atoms with Gasteiger partial charge >= 0.3 is 6.03 Å². The molecule has 2 amide bonds. The number of thiophene rings is 1. The van der Waals surface area contributed by atoms with Gasteiger partial charge in [0, 0.05) is 35.7 Å². The molecule has 5 rings (SSSR count). The van der Waals surface area contributed by atoms with Gasteiger partial charge in [0.15, 0.2) is 5.78 Å². The largest absolute Gasteiger partial charge is 0.376 e. The van der Waals surface area contributed by atoms with E-state index in [0.29, 0.717) is 18.5 Å². The second-order valence-corrected chi connectivity index (χ2v) is 8.90. The number of para-hydroxylation sites is 2. The number of carbonyl (C=O) groups is 2. The van der Waals surface area contributed by atoms with Crippen molar-refractivity contribution in [3.05, 3.63) is 57.9 Å². The average Bonchev–Trinajstić information content (AvgIpc) is 3.44. The number of fused-ring (bicyclic) bond motifs is 1. The van der Waals surface area contributed by atoms with Gasteiger partial charge in [-0.05, 0) is 49.3 Å². The molecule has 1 aliphatic carbocycles. The summed E-state index contributed by atoms with van der Waals surface area (Å²) < 4.78 is 5.68. The van der Waals surface area contributed by atoms with Crippen molar-refractivity contribution in [3.8, 4) is 0 Å². The van der Waals surface area contributed by atoms with Crippen LogP contribution in [0.5, 0.6) is 0 Å². The maximum absolute atomic E-state index is 13.6. The van der Waals surface area contributed by atoms with Gasteiger partial charge in [-0.3, -0.25) is 9.69 Å². The van der Waals surface area contributed by atoms with Gasteiger partial charge in [0.1, 0.15) is 6.04 Å². The Morgan fingerprint density at radius 1 is 1.20 bits per heavy atom. The zero-order valence-electron chi connectivity index (χ0n) is 16.7. The third kappa shape index (κ3) is 3.52. The molecule has 1 aromatic heterocycles. The molecular weight excluding hydrogens is 398 g/mol. The van der Waals surface area contributed by atoms with E-state index in [9.17, 15) is 9.59 Å². The van der Waals surface area contributed by atoms with Crippen molar-refractivity contribution in [3.63, 3.8) is 0 Å². The standard InChI is InChI=1S/C23H25N3O3S/c27-19-10-3-8-17-21(19)22(20-11-5-13-30-20)26(18-9-2-1-7-16(18)25-17)23(28)24-14-15-6-4-12-29-15/h1-2,5,7,9,11,13,15,22,25H,3-4,6,8,10,12,14H2,(H,24,28)/t15-,22-/m1/s1. The molecule has 3 aliphatic rings. The van der Waals surface area contributed by atoms with E-state index in [0.717, 1.165) is 54.2 Å². The maximum Gasteiger partial charge on any atom is 0.322 e. The van der Waals surface area contributed by atoms with Crippen molar-refractivity contribution in [2.45, 2.75) is 44.2 Å². The van der Waals surface area contributed by atoms with Crippen molar-refractivity contribution in [1.82, 2.24) is 5.32 Å². The molecule has 2 aliphatic heterocycles. The highest BCUT2D eigenvalue weighted by atomic mass is 32.1. The molecule has 2 atom stereocenters. The minimum absolute atomic E-state index is 0.0561. The Morgan fingerprint density at radius 2 is 2.10 bits per heavy atom. The Labute approximate surface area is 179 Å². The number of rotatable bonds is 3. The van der Waals surface area contributed by atoms with Gasteiger partial charge < -0.3 is 15.4 Å². The quantitative estimate of drug-likeness (QED) is 0.756. The normalized spacial score (nSPS) is 23.5. The Balaban J connectivity index is 1.59. The van der Waals surface area contributed by atoms with Crippen LogP contribution in [0.2, 0.25) is 0 Å². The molecule has 0 radical (unpaired) electrons. The number of allylic oxidation sites excluding steroid dienone is 1. The van der Waals surface area contributed by atoms with Gasteiger partial charge in [-0.1, -0.05) is 18.2 Å². The van der Waals surface area contributed by atoms with Crippen LogP contribution in [0.25, 0.3) is 0 Å². The van der Waals surface area contributed by atoms with Gasteiger partial charge in [0.2, 0.25) is 0 Å². The number of nitrogens with zero attached hydrogens (tertiary/aromatic N) is 1. The second kappa shape index (κ2) is 8.24. The fraction of sp³-hybridized carbons (Fsp3) is 0.391. The lowest BCUT2D eigenvalue weighted by molar-refractivity contribution is -0.116. The van der Waals surface area contributed by atoms with E-state index in [1.54, 1.807) is 16.2 Å². The van der Waals surface area contributed by atoms with Crippen LogP contribution in [0.1, 0.15) is 43.0 Å². The minimum atomic E-state index is -0.437. The van der Waals surface area contributed by atoms with Crippen molar-refractivity contribution >= 4 is 34.5 Å². The predicted molar refractivity (Wildman–Crippen MR) is 118 cm³/mol. The summed E-state index contributed by atoms with van der Waals surface area (Å²) in [6.45, 7) is 1.22. The molecule has 0 saturated carbocycles. The van der Waals surface area contributed by atoms with E-state index in [1.165, 1.54) is 0 Å². The number of ether oxygens (including phenoxy) is 1. The molecule has 2 aromatic rings. The summed E-state index contributed by atoms with van der Waals surface area (Å²) in [4.78, 5) is 29.4. The summed E-state index contributed by atoms with van der Waals surface area (Å²) >= 11 is 1.58. The van der Waals surface area contributed by atoms with Crippen LogP contribution in [0, 0.1) is 0 Å². The molecule has 1 saturated heterocycles. The number of anilines is 2. The molecule has 1 fully saturated rings. The highest BCUT2D eigenvalue weighted by Gasteiger charge is 2.40. The number of ketones is 1. The lowest BCUT2D eigenvalue weighted by atomic mass is 9.88. The third-order valence-electron chi connectivity index (χ3n) is 5.97. The van der Waals surface area contributed by atoms with Crippen LogP contribution in [0.3, 0.4) is 0 Å². The first-order chi connectivity index (χ1) is 14.7. The molecule has 0 bridgehead atoms. The summed E-state index contributed by atoms with van der Waals surface area (Å²) in [5.41, 5.74) is 3.28. The molecular formula is C23H25N3O3S. The van der Waals surface area contributed by atoms with Crippen LogP contribution in [0.15, 0.2) is 53.0 Å². The van der Waals surface area contributed by atoms with E-state index in [1.807, 2.05) is 41.8 Å². The SMILES string of the molecule is O=C1CCCC2=C1[C@@H](c1cccs1)N(C(=O)NC[C@H]1CCCO1)c1ccccc1N2. The van der Waals surface area contributed by atoms with Crippen molar-refractivity contribution in [2.75, 3.05) is 23.4 Å². The van der Waals surface area contributed by atoms with Crippen molar-refractivity contribution in [2.24, 2.45) is 0 Å². The first-order valence-corrected chi connectivity index (χ1v) is 11.4. The average molecular weight is 424 g/mol. The first-order valence-electron chi connectivity index (χ1n) is 10.6. The van der Waals surface area contributed by atoms with E-state index >= 15 is 0 Å². The van der Waals surface area contributed by atoms with E-state index in [-0.39, 0.29) is 17.9 Å². The number of carbonyl (C=O) groups excluding carboxylic acids is 2. The molecule has 156 valence electrons. The van der Waals surface area contributed by atoms with Crippen molar-refractivity contribution < 1.29 is 14.3 Å². The summed E-state index contributed by atoms with van der Waals surface area (Å²) in [5, 5.41) is 8.55. The van der Waals surface area contributed by atoms with Crippen LogP contribution in [0.4, 0.5) is 16.2 Å². The minimum Gasteiger partial charge on any atom is -0.376 e. The van der Waals surface area contributed by atoms with Crippen LogP contribution < -0.4 is 15.5 Å².